The molecule has 0 aromatic heterocycles. The zero-order valence-electron chi connectivity index (χ0n) is 27.9. The average Bonchev–Trinajstić information content (AvgIpc) is 3.16. The van der Waals surface area contributed by atoms with Gasteiger partial charge in [-0.2, -0.15) is 5.26 Å². The minimum absolute atomic E-state index is 0.251. The Morgan fingerprint density at radius 2 is 1.18 bits per heavy atom. The van der Waals surface area contributed by atoms with Gasteiger partial charge < -0.3 is 9.84 Å². The highest BCUT2D eigenvalue weighted by Crippen LogP contribution is 2.37. The van der Waals surface area contributed by atoms with E-state index in [1.165, 1.54) is 59.4 Å². The maximum Gasteiger partial charge on any atom is 0.119 e. The number of allylic oxidation sites excluding steroid dienone is 1. The summed E-state index contributed by atoms with van der Waals surface area (Å²) in [5.74, 6) is 0.824. The summed E-state index contributed by atoms with van der Waals surface area (Å²) in [5, 5.41) is 31.4. The summed E-state index contributed by atoms with van der Waals surface area (Å²) in [6.07, 6.45) is 5.82. The van der Waals surface area contributed by atoms with Gasteiger partial charge in [0.15, 0.2) is 0 Å². The second-order valence-corrected chi connectivity index (χ2v) is 13.1. The highest BCUT2D eigenvalue weighted by molar-refractivity contribution is 6.17. The van der Waals surface area contributed by atoms with Crippen molar-refractivity contribution in [3.8, 4) is 22.9 Å². The average molecular weight is 648 g/mol. The first-order valence-electron chi connectivity index (χ1n) is 17.4. The Hall–Kier alpha value is -5.95. The summed E-state index contributed by atoms with van der Waals surface area (Å²) >= 11 is 0. The third-order valence-corrected chi connectivity index (χ3v) is 9.80. The molecule has 3 heteroatoms. The second kappa shape index (κ2) is 13.9. The maximum absolute atomic E-state index is 10.1. The van der Waals surface area contributed by atoms with E-state index in [0.717, 1.165) is 48.1 Å². The molecule has 1 N–H and O–H groups in total. The Kier molecular flexibility index (Phi) is 8.70. The molecule has 242 valence electrons. The Labute approximate surface area is 292 Å². The van der Waals surface area contributed by atoms with E-state index < -0.39 is 0 Å². The van der Waals surface area contributed by atoms with Gasteiger partial charge in [-0.05, 0) is 150 Å². The number of aliphatic hydroxyl groups excluding tert-OH is 1. The summed E-state index contributed by atoms with van der Waals surface area (Å²) < 4.78 is 5.87. The van der Waals surface area contributed by atoms with Crippen LogP contribution < -0.4 is 4.74 Å². The lowest BCUT2D eigenvalue weighted by atomic mass is 9.91. The standard InChI is InChI=1S/C47H37NO2/c48-31-42(24-32-12-20-43(21-13-32)50-23-6-2-1-5-22-49)33-14-16-34(17-15-33)44-11-7-10-37-27-38-18-19-39-28-40-25-35-8-3-4-9-36(35)26-41(40)29-45(39)47(38)30-46(37)44/h3-4,7-21,24-30,49H,1-2,5-6,22-23H2. The number of aliphatic hydroxyl groups is 1. The van der Waals surface area contributed by atoms with Crippen molar-refractivity contribution in [3.05, 3.63) is 151 Å². The van der Waals surface area contributed by atoms with E-state index in [1.807, 2.05) is 42.5 Å². The van der Waals surface area contributed by atoms with Crippen LogP contribution >= 0.6 is 0 Å². The lowest BCUT2D eigenvalue weighted by molar-refractivity contribution is 0.273. The molecule has 0 heterocycles. The number of fused-ring (bicyclic) bond motifs is 6. The molecule has 0 atom stereocenters. The number of rotatable bonds is 10. The fourth-order valence-electron chi connectivity index (χ4n) is 7.12. The zero-order valence-corrected chi connectivity index (χ0v) is 27.9. The van der Waals surface area contributed by atoms with Crippen molar-refractivity contribution in [3.63, 3.8) is 0 Å². The third kappa shape index (κ3) is 6.30. The van der Waals surface area contributed by atoms with E-state index in [0.29, 0.717) is 12.2 Å². The van der Waals surface area contributed by atoms with Gasteiger partial charge in [0.25, 0.3) is 0 Å². The van der Waals surface area contributed by atoms with Crippen LogP contribution in [0.4, 0.5) is 0 Å². The van der Waals surface area contributed by atoms with Gasteiger partial charge in [0.2, 0.25) is 0 Å². The van der Waals surface area contributed by atoms with Crippen molar-refractivity contribution < 1.29 is 9.84 Å². The van der Waals surface area contributed by atoms with Crippen molar-refractivity contribution in [2.75, 3.05) is 13.2 Å². The summed E-state index contributed by atoms with van der Waals surface area (Å²) in [7, 11) is 0. The van der Waals surface area contributed by atoms with E-state index in [2.05, 4.69) is 109 Å². The lowest BCUT2D eigenvalue weighted by Crippen LogP contribution is -1.97. The molecular weight excluding hydrogens is 611 g/mol. The highest BCUT2D eigenvalue weighted by atomic mass is 16.5. The molecule has 0 bridgehead atoms. The molecule has 50 heavy (non-hydrogen) atoms. The number of unbranched alkanes of at least 4 members (excludes halogenated alkanes) is 3. The Bertz CT molecular complexity index is 2570. The molecule has 0 aliphatic heterocycles. The number of hydrogen-bond acceptors (Lipinski definition) is 3. The number of hydrogen-bond donors (Lipinski definition) is 1. The lowest BCUT2D eigenvalue weighted by Gasteiger charge is -2.12. The van der Waals surface area contributed by atoms with Crippen LogP contribution in [0.25, 0.3) is 76.6 Å². The molecule has 0 radical (unpaired) electrons. The number of nitriles is 1. The van der Waals surface area contributed by atoms with E-state index in [4.69, 9.17) is 9.84 Å². The van der Waals surface area contributed by atoms with Gasteiger partial charge in [-0.1, -0.05) is 97.4 Å². The maximum atomic E-state index is 10.1. The quantitative estimate of drug-likeness (QED) is 0.0528. The minimum atomic E-state index is 0.251. The minimum Gasteiger partial charge on any atom is -0.494 e. The zero-order chi connectivity index (χ0) is 33.9. The monoisotopic (exact) mass is 647 g/mol. The van der Waals surface area contributed by atoms with Gasteiger partial charge in [0.1, 0.15) is 5.75 Å². The molecule has 0 aliphatic rings. The van der Waals surface area contributed by atoms with Crippen molar-refractivity contribution in [1.82, 2.24) is 0 Å². The molecule has 3 nitrogen and oxygen atoms in total. The van der Waals surface area contributed by atoms with E-state index in [1.54, 1.807) is 0 Å². The van der Waals surface area contributed by atoms with Gasteiger partial charge in [0.05, 0.1) is 18.2 Å². The van der Waals surface area contributed by atoms with Crippen LogP contribution in [0.15, 0.2) is 140 Å². The SMILES string of the molecule is N#CC(=Cc1ccc(OCCCCCCO)cc1)c1ccc(-c2cccc3cc4ccc5cc6cc7ccccc7cc6cc5c4cc23)cc1. The molecule has 8 aromatic carbocycles. The van der Waals surface area contributed by atoms with Gasteiger partial charge >= 0.3 is 0 Å². The van der Waals surface area contributed by atoms with Crippen LogP contribution in [0.2, 0.25) is 0 Å². The van der Waals surface area contributed by atoms with Gasteiger partial charge in [-0.3, -0.25) is 0 Å². The molecule has 0 fully saturated rings. The first-order chi connectivity index (χ1) is 24.7. The second-order valence-electron chi connectivity index (χ2n) is 13.1. The predicted octanol–water partition coefficient (Wildman–Crippen LogP) is 12.1. The number of ether oxygens (including phenoxy) is 1. The molecule has 0 amide bonds. The molecule has 8 rings (SSSR count). The number of nitrogens with zero attached hydrogens (tertiary/aromatic N) is 1. The van der Waals surface area contributed by atoms with Crippen molar-refractivity contribution in [2.24, 2.45) is 0 Å². The topological polar surface area (TPSA) is 53.2 Å². The fraction of sp³-hybridized carbons (Fsp3) is 0.128. The molecule has 8 aromatic rings. The highest BCUT2D eigenvalue weighted by Gasteiger charge is 2.11. The molecule has 0 saturated carbocycles. The Balaban J connectivity index is 1.09. The van der Waals surface area contributed by atoms with Gasteiger partial charge in [0, 0.05) is 6.61 Å². The molecule has 0 unspecified atom stereocenters. The fourth-order valence-corrected chi connectivity index (χ4v) is 7.12. The van der Waals surface area contributed by atoms with Crippen molar-refractivity contribution in [2.45, 2.75) is 25.7 Å². The molecule has 0 aliphatic carbocycles. The molecule has 0 saturated heterocycles. The van der Waals surface area contributed by atoms with Crippen molar-refractivity contribution >= 4 is 65.5 Å². The Morgan fingerprint density at radius 1 is 0.560 bits per heavy atom. The third-order valence-electron chi connectivity index (χ3n) is 9.80. The Morgan fingerprint density at radius 3 is 1.90 bits per heavy atom. The summed E-state index contributed by atoms with van der Waals surface area (Å²) in [6, 6.07) is 52.1. The molecule has 0 spiro atoms. The van der Waals surface area contributed by atoms with E-state index in [-0.39, 0.29) is 6.61 Å². The van der Waals surface area contributed by atoms with Gasteiger partial charge in [-0.15, -0.1) is 0 Å². The smallest absolute Gasteiger partial charge is 0.119 e. The first kappa shape index (κ1) is 31.3. The summed E-state index contributed by atoms with van der Waals surface area (Å²) in [6.45, 7) is 0.912. The van der Waals surface area contributed by atoms with Crippen LogP contribution in [0, 0.1) is 11.3 Å². The van der Waals surface area contributed by atoms with Crippen LogP contribution in [-0.2, 0) is 0 Å². The van der Waals surface area contributed by atoms with E-state index in [9.17, 15) is 5.26 Å². The molecular formula is C47H37NO2. The van der Waals surface area contributed by atoms with Crippen LogP contribution in [0.3, 0.4) is 0 Å². The van der Waals surface area contributed by atoms with Crippen molar-refractivity contribution in [1.29, 1.82) is 5.26 Å². The van der Waals surface area contributed by atoms with Crippen LogP contribution in [0.1, 0.15) is 36.8 Å². The predicted molar refractivity (Wildman–Crippen MR) is 210 cm³/mol. The van der Waals surface area contributed by atoms with Gasteiger partial charge in [-0.25, -0.2) is 0 Å². The normalized spacial score (nSPS) is 11.9. The summed E-state index contributed by atoms with van der Waals surface area (Å²) in [5.41, 5.74) is 4.74. The largest absolute Gasteiger partial charge is 0.494 e. The van der Waals surface area contributed by atoms with Crippen LogP contribution in [-0.4, -0.2) is 18.3 Å². The number of benzene rings is 8. The van der Waals surface area contributed by atoms with E-state index >= 15 is 0 Å². The first-order valence-corrected chi connectivity index (χ1v) is 17.4. The van der Waals surface area contributed by atoms with Crippen LogP contribution in [0.5, 0.6) is 5.75 Å². The summed E-state index contributed by atoms with van der Waals surface area (Å²) in [4.78, 5) is 0.